The van der Waals surface area contributed by atoms with E-state index in [1.54, 1.807) is 48.9 Å². The molecule has 2 N–H and O–H groups in total. The zero-order valence-corrected chi connectivity index (χ0v) is 23.6. The van der Waals surface area contributed by atoms with E-state index in [2.05, 4.69) is 26.7 Å². The minimum atomic E-state index is -0.624. The van der Waals surface area contributed by atoms with Crippen LogP contribution in [0.4, 0.5) is 10.2 Å². The van der Waals surface area contributed by atoms with Crippen molar-refractivity contribution in [1.29, 1.82) is 5.26 Å². The van der Waals surface area contributed by atoms with Crippen molar-refractivity contribution in [2.45, 2.75) is 13.0 Å². The first-order valence-corrected chi connectivity index (χ1v) is 13.5. The molecule has 5 rings (SSSR count). The first-order chi connectivity index (χ1) is 21.5. The van der Waals surface area contributed by atoms with Crippen LogP contribution in [0.2, 0.25) is 0 Å². The molecule has 0 saturated heterocycles. The Hall–Kier alpha value is -5.80. The molecule has 44 heavy (non-hydrogen) atoms. The summed E-state index contributed by atoms with van der Waals surface area (Å²) >= 11 is 0. The monoisotopic (exact) mass is 594 g/mol. The predicted molar refractivity (Wildman–Crippen MR) is 158 cm³/mol. The molecule has 2 aromatic carbocycles. The lowest BCUT2D eigenvalue weighted by Gasteiger charge is -2.16. The van der Waals surface area contributed by atoms with Crippen LogP contribution in [0.25, 0.3) is 22.4 Å². The van der Waals surface area contributed by atoms with Crippen molar-refractivity contribution in [2.75, 3.05) is 25.8 Å². The fraction of sp³-hybridized carbons (Fsp3) is 0.156. The van der Waals surface area contributed by atoms with Gasteiger partial charge in [-0.25, -0.2) is 14.4 Å². The second-order valence-corrected chi connectivity index (χ2v) is 9.50. The lowest BCUT2D eigenvalue weighted by atomic mass is 9.96. The number of amides is 2. The zero-order chi connectivity index (χ0) is 30.9. The first kappa shape index (κ1) is 29.7. The van der Waals surface area contributed by atoms with Gasteiger partial charge in [-0.1, -0.05) is 12.1 Å². The predicted octanol–water partition coefficient (Wildman–Crippen LogP) is 5.27. The summed E-state index contributed by atoms with van der Waals surface area (Å²) in [5, 5.41) is 15.8. The van der Waals surface area contributed by atoms with Gasteiger partial charge in [0.05, 0.1) is 18.3 Å². The van der Waals surface area contributed by atoms with Gasteiger partial charge in [0.2, 0.25) is 0 Å². The van der Waals surface area contributed by atoms with Crippen LogP contribution in [0.1, 0.15) is 32.9 Å². The fourth-order valence-corrected chi connectivity index (χ4v) is 4.45. The van der Waals surface area contributed by atoms with Crippen molar-refractivity contribution in [2.24, 2.45) is 0 Å². The van der Waals surface area contributed by atoms with Gasteiger partial charge in [0.1, 0.15) is 23.2 Å². The van der Waals surface area contributed by atoms with Crippen LogP contribution in [0.3, 0.4) is 0 Å². The van der Waals surface area contributed by atoms with Crippen LogP contribution in [-0.4, -0.2) is 46.8 Å². The van der Waals surface area contributed by atoms with Crippen molar-refractivity contribution in [1.82, 2.24) is 19.9 Å². The van der Waals surface area contributed by atoms with Crippen molar-refractivity contribution in [3.63, 3.8) is 0 Å². The smallest absolute Gasteiger partial charge is 0.292 e. The first-order valence-electron chi connectivity index (χ1n) is 13.5. The summed E-state index contributed by atoms with van der Waals surface area (Å²) in [6, 6.07) is 17.4. The molecule has 5 aromatic rings. The Labute approximate surface area is 251 Å². The van der Waals surface area contributed by atoms with Crippen molar-refractivity contribution < 1.29 is 27.9 Å². The number of pyridine rings is 1. The molecule has 0 aliphatic rings. The summed E-state index contributed by atoms with van der Waals surface area (Å²) in [7, 11) is 1.43. The van der Waals surface area contributed by atoms with Gasteiger partial charge in [0.25, 0.3) is 11.8 Å². The summed E-state index contributed by atoms with van der Waals surface area (Å²) in [5.41, 5.74) is 1.98. The molecule has 11 nitrogen and oxygen atoms in total. The molecule has 12 heteroatoms. The normalized spacial score (nSPS) is 10.7. The second kappa shape index (κ2) is 13.9. The van der Waals surface area contributed by atoms with Gasteiger partial charge >= 0.3 is 0 Å². The van der Waals surface area contributed by atoms with Gasteiger partial charge in [-0.15, -0.1) is 0 Å². The molecular formula is C32H27FN6O5. The SMILES string of the molecule is COCOc1cc(F)ccc1-c1cc(-c2cccc(C(=O)NCCCn3ccnc3)c2)c(C#N)c(NC(=O)c2ccco2)n1. The van der Waals surface area contributed by atoms with Gasteiger partial charge in [0.15, 0.2) is 18.4 Å². The van der Waals surface area contributed by atoms with Gasteiger partial charge in [-0.2, -0.15) is 5.26 Å². The number of carbonyl (C=O) groups is 2. The highest BCUT2D eigenvalue weighted by atomic mass is 19.1. The van der Waals surface area contributed by atoms with Crippen LogP contribution in [0, 0.1) is 17.1 Å². The fourth-order valence-electron chi connectivity index (χ4n) is 4.45. The summed E-state index contributed by atoms with van der Waals surface area (Å²) in [6.07, 6.45) is 7.32. The Balaban J connectivity index is 1.52. The van der Waals surface area contributed by atoms with Gasteiger partial charge in [-0.05, 0) is 54.4 Å². The minimum absolute atomic E-state index is 0.0141. The Kier molecular flexibility index (Phi) is 9.38. The van der Waals surface area contributed by atoms with E-state index in [1.165, 1.54) is 37.6 Å². The maximum Gasteiger partial charge on any atom is 0.292 e. The molecule has 3 heterocycles. The number of hydrogen-bond donors (Lipinski definition) is 2. The molecule has 222 valence electrons. The van der Waals surface area contributed by atoms with Crippen molar-refractivity contribution in [3.05, 3.63) is 108 Å². The number of carbonyl (C=O) groups excluding carboxylic acids is 2. The molecule has 0 aliphatic carbocycles. The topological polar surface area (TPSA) is 144 Å². The maximum absolute atomic E-state index is 14.2. The lowest BCUT2D eigenvalue weighted by molar-refractivity contribution is 0.0513. The molecule has 2 amide bonds. The second-order valence-electron chi connectivity index (χ2n) is 9.50. The highest BCUT2D eigenvalue weighted by Gasteiger charge is 2.21. The molecule has 3 aromatic heterocycles. The summed E-state index contributed by atoms with van der Waals surface area (Å²) in [4.78, 5) is 34.5. The molecule has 0 bridgehead atoms. The number of methoxy groups -OCH3 is 1. The van der Waals surface area contributed by atoms with Crippen LogP contribution >= 0.6 is 0 Å². The van der Waals surface area contributed by atoms with E-state index in [1.807, 2.05) is 10.8 Å². The summed E-state index contributed by atoms with van der Waals surface area (Å²) in [6.45, 7) is 1.00. The number of aromatic nitrogens is 3. The minimum Gasteiger partial charge on any atom is -0.467 e. The van der Waals surface area contributed by atoms with Gasteiger partial charge in [-0.3, -0.25) is 9.59 Å². The Morgan fingerprint density at radius 3 is 2.73 bits per heavy atom. The van der Waals surface area contributed by atoms with Crippen LogP contribution in [0.15, 0.2) is 90.1 Å². The van der Waals surface area contributed by atoms with E-state index in [4.69, 9.17) is 13.9 Å². The molecule has 0 spiro atoms. The van der Waals surface area contributed by atoms with Gasteiger partial charge < -0.3 is 29.1 Å². The molecule has 0 atom stereocenters. The number of rotatable bonds is 12. The Morgan fingerprint density at radius 1 is 1.09 bits per heavy atom. The number of furan rings is 1. The Bertz CT molecular complexity index is 1800. The maximum atomic E-state index is 14.2. The summed E-state index contributed by atoms with van der Waals surface area (Å²) in [5.74, 6) is -1.35. The lowest BCUT2D eigenvalue weighted by Crippen LogP contribution is -2.25. The molecule has 0 unspecified atom stereocenters. The van der Waals surface area contributed by atoms with Crippen molar-refractivity contribution in [3.8, 4) is 34.2 Å². The number of aryl methyl sites for hydroxylation is 1. The average molecular weight is 595 g/mol. The molecular weight excluding hydrogens is 567 g/mol. The number of imidazole rings is 1. The average Bonchev–Trinajstić information content (AvgIpc) is 3.77. The molecule has 0 radical (unpaired) electrons. The highest BCUT2D eigenvalue weighted by Crippen LogP contribution is 2.36. The number of halogens is 1. The van der Waals surface area contributed by atoms with E-state index in [0.717, 1.165) is 0 Å². The number of hydrogen-bond acceptors (Lipinski definition) is 8. The molecule has 0 saturated carbocycles. The third kappa shape index (κ3) is 6.97. The highest BCUT2D eigenvalue weighted by molar-refractivity contribution is 6.03. The number of nitriles is 1. The third-order valence-corrected chi connectivity index (χ3v) is 6.53. The molecule has 0 fully saturated rings. The van der Waals surface area contributed by atoms with Crippen LogP contribution in [0.5, 0.6) is 5.75 Å². The van der Waals surface area contributed by atoms with E-state index in [0.29, 0.717) is 41.8 Å². The number of benzene rings is 2. The zero-order valence-electron chi connectivity index (χ0n) is 23.6. The van der Waals surface area contributed by atoms with Gasteiger partial charge in [0, 0.05) is 55.3 Å². The number of nitrogens with zero attached hydrogens (tertiary/aromatic N) is 4. The number of ether oxygens (including phenoxy) is 2. The number of nitrogens with one attached hydrogen (secondary N) is 2. The largest absolute Gasteiger partial charge is 0.467 e. The van der Waals surface area contributed by atoms with Crippen LogP contribution in [-0.2, 0) is 11.3 Å². The third-order valence-electron chi connectivity index (χ3n) is 6.53. The van der Waals surface area contributed by atoms with E-state index < -0.39 is 11.7 Å². The standard InChI is InChI=1S/C32H27FN6O5/c1-42-20-44-29-16-23(33)8-9-24(29)27-17-25(26(18-34)30(37-27)38-32(41)28-7-3-14-43-28)21-5-2-6-22(15-21)31(40)36-10-4-12-39-13-11-35-19-39/h2-3,5-9,11,13-17,19H,4,10,12,20H2,1H3,(H,36,40)(H,37,38,41). The van der Waals surface area contributed by atoms with Crippen molar-refractivity contribution >= 4 is 17.6 Å². The van der Waals surface area contributed by atoms with Crippen LogP contribution < -0.4 is 15.4 Å². The number of anilines is 1. The van der Waals surface area contributed by atoms with E-state index in [9.17, 15) is 19.2 Å². The summed E-state index contributed by atoms with van der Waals surface area (Å²) < 4.78 is 31.9. The van der Waals surface area contributed by atoms with E-state index in [-0.39, 0.29) is 41.3 Å². The Morgan fingerprint density at radius 2 is 1.98 bits per heavy atom. The quantitative estimate of drug-likeness (QED) is 0.147. The molecule has 0 aliphatic heterocycles. The van der Waals surface area contributed by atoms with E-state index >= 15 is 0 Å².